The molecule has 133 heavy (non-hydrogen) atoms. The first-order valence-electron chi connectivity index (χ1n) is 44.5. The van der Waals surface area contributed by atoms with Crippen LogP contribution < -0.4 is 48.3 Å². The maximum atomic E-state index is 12.8. The summed E-state index contributed by atoms with van der Waals surface area (Å²) in [7, 11) is 0. The normalized spacial score (nSPS) is 18.6. The van der Waals surface area contributed by atoms with Gasteiger partial charge in [-0.05, 0) is 305 Å². The Hall–Kier alpha value is -9.28. The van der Waals surface area contributed by atoms with Gasteiger partial charge in [0.25, 0.3) is 0 Å². The number of nitrogens with two attached hydrogens (primary N) is 4. The number of fused-ring (bicyclic) bond motifs is 4. The zero-order valence-electron chi connectivity index (χ0n) is 76.0. The molecule has 0 radical (unpaired) electrons. The molecule has 17 rings (SSSR count). The molecule has 0 bridgehead atoms. The number of hydrogen-bond donors (Lipinski definition) is 6. The van der Waals surface area contributed by atoms with Crippen LogP contribution in [0.2, 0.25) is 0 Å². The lowest BCUT2D eigenvalue weighted by molar-refractivity contribution is -0.122. The highest BCUT2D eigenvalue weighted by atomic mass is 79.9. The number of aromatic nitrogens is 10. The number of ether oxygens (including phenoxy) is 7. The van der Waals surface area contributed by atoms with E-state index in [-0.39, 0.29) is 55.8 Å². The topological polar surface area (TPSA) is 417 Å². The zero-order valence-corrected chi connectivity index (χ0v) is 83.1. The Morgan fingerprint density at radius 3 is 1.14 bits per heavy atom. The summed E-state index contributed by atoms with van der Waals surface area (Å²) in [4.78, 5) is 100. The van der Waals surface area contributed by atoms with Crippen LogP contribution in [0.1, 0.15) is 163 Å². The summed E-state index contributed by atoms with van der Waals surface area (Å²) in [5.41, 5.74) is 34.9. The van der Waals surface area contributed by atoms with E-state index in [4.69, 9.17) is 72.5 Å². The molecule has 0 spiro atoms. The second-order valence-corrected chi connectivity index (χ2v) is 37.4. The van der Waals surface area contributed by atoms with Crippen LogP contribution in [-0.4, -0.2) is 214 Å². The molecule has 7 fully saturated rings. The predicted octanol–water partition coefficient (Wildman–Crippen LogP) is 18.7. The summed E-state index contributed by atoms with van der Waals surface area (Å²) < 4.78 is 64.2. The first kappa shape index (κ1) is 111. The van der Waals surface area contributed by atoms with Crippen molar-refractivity contribution >= 4 is 178 Å². The number of carbonyl (C=O) groups excluding carboxylic acids is 5. The molecular weight excluding hydrogens is 1990 g/mol. The van der Waals surface area contributed by atoms with E-state index in [1.807, 2.05) is 41.5 Å². The third-order valence-corrected chi connectivity index (χ3v) is 23.8. The monoisotopic (exact) mass is 2120 g/mol. The van der Waals surface area contributed by atoms with Gasteiger partial charge in [0, 0.05) is 187 Å². The number of nitrogens with one attached hydrogen (secondary N) is 2. The summed E-state index contributed by atoms with van der Waals surface area (Å²) in [5, 5.41) is 5.92. The van der Waals surface area contributed by atoms with E-state index in [1.54, 1.807) is 68.8 Å². The van der Waals surface area contributed by atoms with E-state index in [1.165, 1.54) is 90.8 Å². The van der Waals surface area contributed by atoms with Crippen LogP contribution in [0.4, 0.5) is 51.6 Å². The maximum absolute atomic E-state index is 12.8. The van der Waals surface area contributed by atoms with Crippen LogP contribution in [0, 0.1) is 23.5 Å². The van der Waals surface area contributed by atoms with Gasteiger partial charge in [-0.3, -0.25) is 49.5 Å². The Labute approximate surface area is 816 Å². The molecule has 38 heteroatoms. The summed E-state index contributed by atoms with van der Waals surface area (Å²) in [6.45, 7) is 25.6. The lowest BCUT2D eigenvalue weighted by Crippen LogP contribution is -2.42. The van der Waals surface area contributed by atoms with Crippen molar-refractivity contribution in [3.63, 3.8) is 0 Å². The van der Waals surface area contributed by atoms with Gasteiger partial charge in [-0.25, -0.2) is 33.1 Å². The largest absolute Gasteiger partial charge is 0.454 e. The fourth-order valence-electron chi connectivity index (χ4n) is 15.0. The highest BCUT2D eigenvalue weighted by Crippen LogP contribution is 2.36. The number of benzene rings is 5. The lowest BCUT2D eigenvalue weighted by Gasteiger charge is -2.31. The van der Waals surface area contributed by atoms with Crippen LogP contribution in [0.3, 0.4) is 0 Å². The van der Waals surface area contributed by atoms with Crippen molar-refractivity contribution in [3.05, 3.63) is 170 Å². The first-order valence-corrected chi connectivity index (χ1v) is 48.0. The third-order valence-electron chi connectivity index (χ3n) is 21.4. The zero-order chi connectivity index (χ0) is 95.4. The van der Waals surface area contributed by atoms with Gasteiger partial charge in [0.15, 0.2) is 17.3 Å². The number of nitrogens with zero attached hydrogens (tertiary/aromatic N) is 13. The number of morpholine rings is 3. The van der Waals surface area contributed by atoms with Crippen molar-refractivity contribution in [1.29, 1.82) is 0 Å². The van der Waals surface area contributed by atoms with Gasteiger partial charge >= 0.3 is 17.6 Å². The number of halogens is 7. The fourth-order valence-corrected chi connectivity index (χ4v) is 16.9. The van der Waals surface area contributed by atoms with Crippen molar-refractivity contribution in [2.45, 2.75) is 200 Å². The Kier molecular flexibility index (Phi) is 49.0. The van der Waals surface area contributed by atoms with E-state index >= 15 is 0 Å². The van der Waals surface area contributed by atoms with Gasteiger partial charge in [0.1, 0.15) is 33.9 Å². The molecule has 31 nitrogen and oxygen atoms in total. The van der Waals surface area contributed by atoms with Crippen LogP contribution in [0.5, 0.6) is 0 Å². The van der Waals surface area contributed by atoms with Crippen LogP contribution >= 0.6 is 75.3 Å². The summed E-state index contributed by atoms with van der Waals surface area (Å²) in [6.07, 6.45) is 35.6. The fraction of sp³-hybridized carbons (Fsp3) is 0.505. The van der Waals surface area contributed by atoms with Crippen LogP contribution in [-0.2, 0) is 55.6 Å². The average molecular weight is 2120 g/mol. The molecule has 9 heterocycles. The van der Waals surface area contributed by atoms with Gasteiger partial charge in [0.05, 0.1) is 90.7 Å². The third kappa shape index (κ3) is 41.1. The van der Waals surface area contributed by atoms with Gasteiger partial charge in [-0.1, -0.05) is 7.43 Å². The number of nitrogen functional groups attached to an aromatic ring is 2. The SMILES string of the molecule is Brc1cc(N2CCOCC2)cc2nccnc12.Brc1ncccn1.C.C1CCOCC1.CC(C)(C)OC(=O)NC1CCC(Cc2cc(N3CCOCC3)cc3nccnc23)CC1.CC(C)(C)OC(=O)NC1CCC(N)CC1.CCOC(=O)Cl.Fc1cc(Br)c2nccnc2c1.NC1CCC(Cc2cc(N3CCOCC3)cc3nccnc23)CC1.Nc1cc(F)cc(Br)c1N.O=CC=O. The minimum Gasteiger partial charge on any atom is -0.454 e. The number of aldehydes is 2. The van der Waals surface area contributed by atoms with Crippen LogP contribution in [0.15, 0.2) is 147 Å². The Balaban J connectivity index is 0.000000213. The van der Waals surface area contributed by atoms with Crippen molar-refractivity contribution in [3.8, 4) is 0 Å². The molecule has 3 saturated carbocycles. The predicted molar refractivity (Wildman–Crippen MR) is 534 cm³/mol. The number of rotatable bonds is 11. The number of amides is 2. The van der Waals surface area contributed by atoms with Gasteiger partial charge < -0.3 is 81.4 Å². The molecular formula is C95H128Br4ClF2N19O12. The molecule has 724 valence electrons. The number of anilines is 5. The molecule has 10 N–H and O–H groups in total. The average Bonchev–Trinajstić information content (AvgIpc) is 0.807. The molecule has 0 unspecified atom stereocenters. The van der Waals surface area contributed by atoms with E-state index in [9.17, 15) is 23.2 Å². The smallest absolute Gasteiger partial charge is 0.407 e. The molecule has 5 aromatic heterocycles. The minimum absolute atomic E-state index is 0. The molecule has 0 atom stereocenters. The standard InChI is InChI=1S/C24H34N4O3.C19H26N4O.C12H12BrN3O.C11H22N2O2.C8H4BrFN2.C6H6BrFN2.C5H10O.C4H3BrN2.C3H5ClO2.C2H2O2.CH4/c1-24(2,3)31-23(29)27-19-6-4-17(5-7-19)14-18-15-20(28-10-12-30-13-11-28)16-21-22(18)26-9-8-25-21;20-16-3-1-14(2-4-16)11-15-12-17(23-7-9-24-10-8-23)13-18-19(15)22-6-5-21-18;13-10-7-9(16-3-5-17-6-4-16)8-11-12(10)15-2-1-14-11;1-11(2,3)15-10(14)13-9-6-4-8(12)5-7-9;9-6-3-5(10)4-7-8(6)12-2-1-11-7;7-4-1-3(8)2-5(9)6(4)10;1-2-4-6-5-3-1;5-4-6-2-1-3-7-4;1-2-6-3(4)5;3-1-2-4;/h8-9,15-17,19H,4-7,10-14H2,1-3H3,(H,27,29);5-6,12-14,16H,1-4,7-11,20H2;1-2,7-8H,3-6H2;8-9H,4-7,12H2,1-3H3,(H,13,14);1-4H;1-2H,9-10H2;1-5H2;1-3H;2H2,1H3;1-2H;1H4. The molecule has 4 aliphatic heterocycles. The Morgan fingerprint density at radius 1 is 0.451 bits per heavy atom. The van der Waals surface area contributed by atoms with Crippen molar-refractivity contribution in [1.82, 2.24) is 60.5 Å². The van der Waals surface area contributed by atoms with E-state index < -0.39 is 22.4 Å². The number of alkyl carbamates (subject to hydrolysis) is 2. The van der Waals surface area contributed by atoms with Crippen molar-refractivity contribution < 1.29 is 65.9 Å². The summed E-state index contributed by atoms with van der Waals surface area (Å²) in [6, 6.07) is 21.2. The minimum atomic E-state index is -0.738. The van der Waals surface area contributed by atoms with Crippen LogP contribution in [0.25, 0.3) is 44.1 Å². The quantitative estimate of drug-likeness (QED) is 0.0175. The van der Waals surface area contributed by atoms with E-state index in [2.05, 4.69) is 180 Å². The Bertz CT molecular complexity index is 5140. The van der Waals surface area contributed by atoms with Gasteiger partial charge in [-0.2, -0.15) is 0 Å². The highest BCUT2D eigenvalue weighted by molar-refractivity contribution is 9.11. The van der Waals surface area contributed by atoms with E-state index in [0.717, 1.165) is 213 Å². The first-order chi connectivity index (χ1) is 63.3. The number of carbonyl (C=O) groups is 5. The van der Waals surface area contributed by atoms with Gasteiger partial charge in [-0.15, -0.1) is 0 Å². The molecule has 4 saturated heterocycles. The second-order valence-electron chi connectivity index (χ2n) is 33.9. The molecule has 5 aromatic carbocycles. The van der Waals surface area contributed by atoms with E-state index in [0.29, 0.717) is 55.0 Å². The maximum Gasteiger partial charge on any atom is 0.407 e. The summed E-state index contributed by atoms with van der Waals surface area (Å²) in [5.74, 6) is 0.602. The highest BCUT2D eigenvalue weighted by Gasteiger charge is 2.29. The van der Waals surface area contributed by atoms with Crippen molar-refractivity contribution in [2.75, 3.05) is 125 Å². The molecule has 3 aliphatic carbocycles. The second kappa shape index (κ2) is 58.9. The summed E-state index contributed by atoms with van der Waals surface area (Å²) >= 11 is 17.6. The molecule has 7 aliphatic rings. The van der Waals surface area contributed by atoms with Gasteiger partial charge in [0.2, 0.25) is 0 Å². The lowest BCUT2D eigenvalue weighted by atomic mass is 9.82. The van der Waals surface area contributed by atoms with Crippen molar-refractivity contribution in [2.24, 2.45) is 23.3 Å². The molecule has 10 aromatic rings. The molecule has 2 amide bonds. The Morgan fingerprint density at radius 2 is 0.789 bits per heavy atom. The number of hydrogen-bond acceptors (Lipinski definition) is 29.